The second-order valence-electron chi connectivity index (χ2n) is 4.43. The molecule has 0 bridgehead atoms. The molecule has 2 rings (SSSR count). The lowest BCUT2D eigenvalue weighted by molar-refractivity contribution is 0.0984. The van der Waals surface area contributed by atoms with E-state index in [2.05, 4.69) is 0 Å². The highest BCUT2D eigenvalue weighted by molar-refractivity contribution is 5.98. The summed E-state index contributed by atoms with van der Waals surface area (Å²) in [5, 5.41) is 0. The van der Waals surface area contributed by atoms with Crippen molar-refractivity contribution in [2.75, 3.05) is 0 Å². The van der Waals surface area contributed by atoms with Crippen LogP contribution in [0.15, 0.2) is 30.3 Å². The lowest BCUT2D eigenvalue weighted by Gasteiger charge is -2.07. The van der Waals surface area contributed by atoms with Gasteiger partial charge in [0.25, 0.3) is 0 Å². The van der Waals surface area contributed by atoms with Crippen molar-refractivity contribution in [2.45, 2.75) is 13.3 Å². The van der Waals surface area contributed by atoms with Crippen molar-refractivity contribution in [3.8, 4) is 0 Å². The molecule has 0 atom stereocenters. The van der Waals surface area contributed by atoms with Gasteiger partial charge in [-0.15, -0.1) is 0 Å². The number of hydrogen-bond acceptors (Lipinski definition) is 1. The highest BCUT2D eigenvalue weighted by Gasteiger charge is 2.19. The largest absolute Gasteiger partial charge is 0.294 e. The summed E-state index contributed by atoms with van der Waals surface area (Å²) in [6.07, 6.45) is -0.480. The number of carbonyl (C=O) groups excluding carboxylic acids is 1. The van der Waals surface area contributed by atoms with Gasteiger partial charge < -0.3 is 0 Å². The summed E-state index contributed by atoms with van der Waals surface area (Å²) in [5.41, 5.74) is -0.539. The molecule has 0 saturated heterocycles. The van der Waals surface area contributed by atoms with Crippen molar-refractivity contribution < 1.29 is 22.4 Å². The van der Waals surface area contributed by atoms with Crippen molar-refractivity contribution in [2.24, 2.45) is 0 Å². The Bertz CT molecular complexity index is 660. The Morgan fingerprint density at radius 3 is 2.20 bits per heavy atom. The Labute approximate surface area is 112 Å². The molecule has 5 heteroatoms. The van der Waals surface area contributed by atoms with E-state index < -0.39 is 41.0 Å². The van der Waals surface area contributed by atoms with Gasteiger partial charge in [-0.25, -0.2) is 17.6 Å². The molecule has 0 aliphatic rings. The maximum absolute atomic E-state index is 13.8. The van der Waals surface area contributed by atoms with Gasteiger partial charge in [-0.3, -0.25) is 4.79 Å². The summed E-state index contributed by atoms with van der Waals surface area (Å²) in [6.45, 7) is 1.40. The molecule has 0 aromatic heterocycles. The van der Waals surface area contributed by atoms with Crippen LogP contribution in [0.25, 0.3) is 0 Å². The van der Waals surface area contributed by atoms with E-state index in [1.54, 1.807) is 0 Å². The summed E-state index contributed by atoms with van der Waals surface area (Å²) in [6, 6.07) is 4.75. The molecule has 2 aromatic carbocycles. The zero-order valence-electron chi connectivity index (χ0n) is 10.5. The van der Waals surface area contributed by atoms with E-state index in [1.807, 2.05) is 0 Å². The van der Waals surface area contributed by atoms with Gasteiger partial charge >= 0.3 is 0 Å². The Kier molecular flexibility index (Phi) is 3.88. The molecule has 0 aliphatic carbocycles. The number of halogens is 4. The predicted molar refractivity (Wildman–Crippen MR) is 65.5 cm³/mol. The second-order valence-corrected chi connectivity index (χ2v) is 4.43. The van der Waals surface area contributed by atoms with Gasteiger partial charge in [0.05, 0.1) is 5.56 Å². The average Bonchev–Trinajstić information content (AvgIpc) is 2.33. The van der Waals surface area contributed by atoms with Crippen LogP contribution in [0.1, 0.15) is 21.5 Å². The van der Waals surface area contributed by atoms with Gasteiger partial charge in [-0.05, 0) is 36.2 Å². The van der Waals surface area contributed by atoms with E-state index >= 15 is 0 Å². The molecule has 1 nitrogen and oxygen atoms in total. The molecule has 0 saturated carbocycles. The third-order valence-corrected chi connectivity index (χ3v) is 2.85. The first-order chi connectivity index (χ1) is 9.38. The highest BCUT2D eigenvalue weighted by atomic mass is 19.1. The van der Waals surface area contributed by atoms with Crippen LogP contribution in [-0.2, 0) is 6.42 Å². The Morgan fingerprint density at radius 1 is 1.00 bits per heavy atom. The molecule has 0 aliphatic heterocycles. The summed E-state index contributed by atoms with van der Waals surface area (Å²) >= 11 is 0. The van der Waals surface area contributed by atoms with Crippen molar-refractivity contribution in [1.29, 1.82) is 0 Å². The fraction of sp³-hybridized carbons (Fsp3) is 0.133. The molecule has 0 radical (unpaired) electrons. The lowest BCUT2D eigenvalue weighted by atomic mass is 10.00. The van der Waals surface area contributed by atoms with Crippen molar-refractivity contribution in [1.82, 2.24) is 0 Å². The van der Waals surface area contributed by atoms with Gasteiger partial charge in [0, 0.05) is 12.5 Å². The van der Waals surface area contributed by atoms with Crippen LogP contribution in [0.5, 0.6) is 0 Å². The third-order valence-electron chi connectivity index (χ3n) is 2.85. The van der Waals surface area contributed by atoms with Crippen LogP contribution in [-0.4, -0.2) is 5.78 Å². The topological polar surface area (TPSA) is 17.1 Å². The van der Waals surface area contributed by atoms with E-state index in [1.165, 1.54) is 13.0 Å². The zero-order valence-corrected chi connectivity index (χ0v) is 10.5. The first kappa shape index (κ1) is 14.2. The molecule has 20 heavy (non-hydrogen) atoms. The van der Waals surface area contributed by atoms with Crippen LogP contribution >= 0.6 is 0 Å². The van der Waals surface area contributed by atoms with Gasteiger partial charge in [0.2, 0.25) is 0 Å². The molecule has 0 heterocycles. The molecule has 0 fully saturated rings. The van der Waals surface area contributed by atoms with E-state index in [0.717, 1.165) is 18.2 Å². The maximum Gasteiger partial charge on any atom is 0.173 e. The minimum Gasteiger partial charge on any atom is -0.294 e. The molecular formula is C15H10F4O. The maximum atomic E-state index is 13.8. The monoisotopic (exact) mass is 282 g/mol. The SMILES string of the molecule is Cc1ccc(F)c(C(=O)Cc2cc(F)cc(F)c2)c1F. The van der Waals surface area contributed by atoms with Crippen LogP contribution < -0.4 is 0 Å². The molecule has 0 unspecified atom stereocenters. The molecule has 104 valence electrons. The lowest BCUT2D eigenvalue weighted by Crippen LogP contribution is -2.10. The Balaban J connectivity index is 2.35. The van der Waals surface area contributed by atoms with Gasteiger partial charge in [0.15, 0.2) is 5.78 Å². The van der Waals surface area contributed by atoms with Gasteiger partial charge in [-0.2, -0.15) is 0 Å². The number of rotatable bonds is 3. The number of carbonyl (C=O) groups is 1. The van der Waals surface area contributed by atoms with Crippen LogP contribution in [0.2, 0.25) is 0 Å². The van der Waals surface area contributed by atoms with Crippen molar-refractivity contribution in [3.05, 3.63) is 70.3 Å². The molecular weight excluding hydrogens is 272 g/mol. The number of Topliss-reactive ketones (excluding diaryl/α,β-unsaturated/α-hetero) is 1. The molecule has 2 aromatic rings. The standard InChI is InChI=1S/C15H10F4O/c1-8-2-3-12(18)14(15(8)19)13(20)6-9-4-10(16)7-11(17)5-9/h2-5,7H,6H2,1H3. The number of ketones is 1. The van der Waals surface area contributed by atoms with Crippen LogP contribution in [0.3, 0.4) is 0 Å². The Morgan fingerprint density at radius 2 is 1.60 bits per heavy atom. The summed E-state index contributed by atoms with van der Waals surface area (Å²) in [5.74, 6) is -4.51. The minimum atomic E-state index is -0.991. The quantitative estimate of drug-likeness (QED) is 0.615. The first-order valence-electron chi connectivity index (χ1n) is 5.81. The normalized spacial score (nSPS) is 10.7. The van der Waals surface area contributed by atoms with Gasteiger partial charge in [-0.1, -0.05) is 6.07 Å². The van der Waals surface area contributed by atoms with Crippen molar-refractivity contribution in [3.63, 3.8) is 0 Å². The van der Waals surface area contributed by atoms with E-state index in [4.69, 9.17) is 0 Å². The average molecular weight is 282 g/mol. The summed E-state index contributed by atoms with van der Waals surface area (Å²) in [4.78, 5) is 11.9. The smallest absolute Gasteiger partial charge is 0.173 e. The first-order valence-corrected chi connectivity index (χ1v) is 5.81. The second kappa shape index (κ2) is 5.45. The Hall–Kier alpha value is -2.17. The van der Waals surface area contributed by atoms with E-state index in [0.29, 0.717) is 6.07 Å². The fourth-order valence-electron chi connectivity index (χ4n) is 1.90. The number of benzene rings is 2. The molecule has 0 N–H and O–H groups in total. The highest BCUT2D eigenvalue weighted by Crippen LogP contribution is 2.19. The fourth-order valence-corrected chi connectivity index (χ4v) is 1.90. The van der Waals surface area contributed by atoms with E-state index in [9.17, 15) is 22.4 Å². The summed E-state index contributed by atoms with van der Waals surface area (Å²) in [7, 11) is 0. The molecule has 0 spiro atoms. The number of hydrogen-bond donors (Lipinski definition) is 0. The van der Waals surface area contributed by atoms with Crippen molar-refractivity contribution >= 4 is 5.78 Å². The zero-order chi connectivity index (χ0) is 14.9. The van der Waals surface area contributed by atoms with Gasteiger partial charge in [0.1, 0.15) is 23.3 Å². The molecule has 0 amide bonds. The van der Waals surface area contributed by atoms with E-state index in [-0.39, 0.29) is 11.1 Å². The third kappa shape index (κ3) is 2.87. The predicted octanol–water partition coefficient (Wildman–Crippen LogP) is 3.98. The van der Waals surface area contributed by atoms with Crippen LogP contribution in [0.4, 0.5) is 17.6 Å². The number of aryl methyl sites for hydroxylation is 1. The summed E-state index contributed by atoms with van der Waals surface area (Å²) < 4.78 is 53.3. The minimum absolute atomic E-state index is 0.0211. The van der Waals surface area contributed by atoms with Crippen LogP contribution in [0, 0.1) is 30.2 Å².